The molecular formula is C13H9BrO3S. The summed E-state index contributed by atoms with van der Waals surface area (Å²) in [6, 6.07) is 7.16. The Hall–Kier alpha value is -1.33. The molecule has 1 aliphatic rings. The third-order valence-corrected chi connectivity index (χ3v) is 4.46. The first-order valence-electron chi connectivity index (χ1n) is 5.43. The van der Waals surface area contributed by atoms with Crippen LogP contribution in [0.4, 0.5) is 0 Å². The number of fused-ring (bicyclic) bond motifs is 1. The number of hydrogen-bond donors (Lipinski definition) is 0. The van der Waals surface area contributed by atoms with Crippen molar-refractivity contribution in [2.75, 3.05) is 13.2 Å². The molecule has 0 saturated carbocycles. The molecule has 0 atom stereocenters. The molecule has 0 fully saturated rings. The summed E-state index contributed by atoms with van der Waals surface area (Å²) in [5.74, 6) is 1.33. The van der Waals surface area contributed by atoms with Gasteiger partial charge in [0.05, 0.1) is 4.88 Å². The van der Waals surface area contributed by atoms with E-state index in [1.807, 2.05) is 11.4 Å². The number of carbonyl (C=O) groups excluding carboxylic acids is 1. The molecule has 5 heteroatoms. The summed E-state index contributed by atoms with van der Waals surface area (Å²) < 4.78 is 11.7. The van der Waals surface area contributed by atoms with Gasteiger partial charge in [-0.15, -0.1) is 11.3 Å². The molecule has 1 aromatic heterocycles. The molecule has 1 aromatic carbocycles. The number of carbonyl (C=O) groups is 1. The van der Waals surface area contributed by atoms with Crippen LogP contribution in [0.15, 0.2) is 34.1 Å². The van der Waals surface area contributed by atoms with Gasteiger partial charge in [-0.1, -0.05) is 0 Å². The minimum absolute atomic E-state index is 0.00570. The summed E-state index contributed by atoms with van der Waals surface area (Å²) in [5.41, 5.74) is 0.613. The average Bonchev–Trinajstić information content (AvgIpc) is 2.83. The van der Waals surface area contributed by atoms with Crippen molar-refractivity contribution < 1.29 is 14.3 Å². The zero-order chi connectivity index (χ0) is 12.5. The first kappa shape index (κ1) is 11.7. The molecule has 2 heterocycles. The highest BCUT2D eigenvalue weighted by molar-refractivity contribution is 9.10. The molecule has 0 N–H and O–H groups in total. The van der Waals surface area contributed by atoms with Gasteiger partial charge in [-0.3, -0.25) is 4.79 Å². The lowest BCUT2D eigenvalue weighted by atomic mass is 10.1. The Morgan fingerprint density at radius 3 is 2.67 bits per heavy atom. The van der Waals surface area contributed by atoms with Crippen LogP contribution in [0.5, 0.6) is 11.5 Å². The van der Waals surface area contributed by atoms with Crippen LogP contribution in [0.3, 0.4) is 0 Å². The lowest BCUT2D eigenvalue weighted by Crippen LogP contribution is -2.15. The number of ether oxygens (including phenoxy) is 2. The SMILES string of the molecule is O=C(c1ccc2c(c1)OCCO2)c1sccc1Br. The monoisotopic (exact) mass is 324 g/mol. The lowest BCUT2D eigenvalue weighted by Gasteiger charge is -2.18. The standard InChI is InChI=1S/C13H9BrO3S/c14-9-3-6-18-13(9)12(15)8-1-2-10-11(7-8)17-5-4-16-10/h1-3,6-7H,4-5H2. The fourth-order valence-corrected chi connectivity index (χ4v) is 3.28. The highest BCUT2D eigenvalue weighted by atomic mass is 79.9. The summed E-state index contributed by atoms with van der Waals surface area (Å²) in [7, 11) is 0. The zero-order valence-electron chi connectivity index (χ0n) is 9.31. The second kappa shape index (κ2) is 4.74. The topological polar surface area (TPSA) is 35.5 Å². The van der Waals surface area contributed by atoms with Crippen molar-refractivity contribution in [1.82, 2.24) is 0 Å². The molecule has 2 aromatic rings. The Morgan fingerprint density at radius 2 is 1.94 bits per heavy atom. The quantitative estimate of drug-likeness (QED) is 0.793. The van der Waals surface area contributed by atoms with E-state index in [0.717, 1.165) is 4.47 Å². The van der Waals surface area contributed by atoms with Crippen molar-refractivity contribution in [2.45, 2.75) is 0 Å². The maximum Gasteiger partial charge on any atom is 0.204 e. The van der Waals surface area contributed by atoms with E-state index in [4.69, 9.17) is 9.47 Å². The highest BCUT2D eigenvalue weighted by Gasteiger charge is 2.18. The average molecular weight is 325 g/mol. The van der Waals surface area contributed by atoms with E-state index in [9.17, 15) is 4.79 Å². The molecule has 92 valence electrons. The van der Waals surface area contributed by atoms with Gasteiger partial charge in [0.15, 0.2) is 11.5 Å². The van der Waals surface area contributed by atoms with Gasteiger partial charge in [0.1, 0.15) is 13.2 Å². The van der Waals surface area contributed by atoms with Gasteiger partial charge >= 0.3 is 0 Å². The van der Waals surface area contributed by atoms with Crippen molar-refractivity contribution >= 4 is 33.0 Å². The normalized spacial score (nSPS) is 13.4. The van der Waals surface area contributed by atoms with Crippen molar-refractivity contribution in [2.24, 2.45) is 0 Å². The summed E-state index contributed by atoms with van der Waals surface area (Å²) in [6.07, 6.45) is 0. The molecule has 0 spiro atoms. The van der Waals surface area contributed by atoms with Crippen LogP contribution in [0.2, 0.25) is 0 Å². The summed E-state index contributed by atoms with van der Waals surface area (Å²) in [5, 5.41) is 1.88. The van der Waals surface area contributed by atoms with Crippen molar-refractivity contribution in [3.05, 3.63) is 44.6 Å². The first-order chi connectivity index (χ1) is 8.75. The third kappa shape index (κ3) is 2.04. The van der Waals surface area contributed by atoms with Gasteiger partial charge in [0.2, 0.25) is 5.78 Å². The second-order valence-electron chi connectivity index (χ2n) is 3.79. The molecule has 0 radical (unpaired) electrons. The smallest absolute Gasteiger partial charge is 0.204 e. The van der Waals surface area contributed by atoms with E-state index < -0.39 is 0 Å². The summed E-state index contributed by atoms with van der Waals surface area (Å²) in [6.45, 7) is 1.07. The molecule has 18 heavy (non-hydrogen) atoms. The molecule has 0 saturated heterocycles. The van der Waals surface area contributed by atoms with Crippen LogP contribution in [0, 0.1) is 0 Å². The minimum atomic E-state index is -0.00570. The molecule has 1 aliphatic heterocycles. The molecule has 0 aliphatic carbocycles. The molecule has 0 unspecified atom stereocenters. The van der Waals surface area contributed by atoms with E-state index in [-0.39, 0.29) is 5.78 Å². The number of rotatable bonds is 2. The largest absolute Gasteiger partial charge is 0.486 e. The highest BCUT2D eigenvalue weighted by Crippen LogP contribution is 2.33. The number of ketones is 1. The Morgan fingerprint density at radius 1 is 1.17 bits per heavy atom. The predicted octanol–water partition coefficient (Wildman–Crippen LogP) is 3.51. The number of hydrogen-bond acceptors (Lipinski definition) is 4. The van der Waals surface area contributed by atoms with Crippen LogP contribution in [0.25, 0.3) is 0 Å². The maximum absolute atomic E-state index is 12.3. The first-order valence-corrected chi connectivity index (χ1v) is 7.10. The predicted molar refractivity (Wildman–Crippen MR) is 72.9 cm³/mol. The van der Waals surface area contributed by atoms with Gasteiger partial charge in [0, 0.05) is 10.0 Å². The van der Waals surface area contributed by atoms with Crippen LogP contribution in [-0.4, -0.2) is 19.0 Å². The number of benzene rings is 1. The van der Waals surface area contributed by atoms with Gasteiger partial charge in [0.25, 0.3) is 0 Å². The molecule has 3 nitrogen and oxygen atoms in total. The van der Waals surface area contributed by atoms with Crippen LogP contribution in [-0.2, 0) is 0 Å². The second-order valence-corrected chi connectivity index (χ2v) is 5.56. The van der Waals surface area contributed by atoms with E-state index in [1.165, 1.54) is 11.3 Å². The fraction of sp³-hybridized carbons (Fsp3) is 0.154. The Balaban J connectivity index is 1.98. The van der Waals surface area contributed by atoms with Crippen LogP contribution >= 0.6 is 27.3 Å². The summed E-state index contributed by atoms with van der Waals surface area (Å²) in [4.78, 5) is 13.0. The van der Waals surface area contributed by atoms with E-state index in [2.05, 4.69) is 15.9 Å². The summed E-state index contributed by atoms with van der Waals surface area (Å²) >= 11 is 4.79. The minimum Gasteiger partial charge on any atom is -0.486 e. The van der Waals surface area contributed by atoms with E-state index in [1.54, 1.807) is 18.2 Å². The Bertz CT molecular complexity index is 606. The van der Waals surface area contributed by atoms with Crippen molar-refractivity contribution in [3.63, 3.8) is 0 Å². The fourth-order valence-electron chi connectivity index (χ4n) is 1.77. The van der Waals surface area contributed by atoms with Gasteiger partial charge in [-0.2, -0.15) is 0 Å². The Labute approximate surface area is 116 Å². The van der Waals surface area contributed by atoms with Crippen LogP contribution in [0.1, 0.15) is 15.2 Å². The number of thiophene rings is 1. The van der Waals surface area contributed by atoms with Gasteiger partial charge < -0.3 is 9.47 Å². The maximum atomic E-state index is 12.3. The van der Waals surface area contributed by atoms with Crippen molar-refractivity contribution in [1.29, 1.82) is 0 Å². The van der Waals surface area contributed by atoms with Crippen LogP contribution < -0.4 is 9.47 Å². The molecular weight excluding hydrogens is 316 g/mol. The van der Waals surface area contributed by atoms with Gasteiger partial charge in [-0.25, -0.2) is 0 Å². The third-order valence-electron chi connectivity index (χ3n) is 2.63. The molecule has 3 rings (SSSR count). The van der Waals surface area contributed by atoms with Gasteiger partial charge in [-0.05, 0) is 45.6 Å². The van der Waals surface area contributed by atoms with E-state index >= 15 is 0 Å². The van der Waals surface area contributed by atoms with Crippen molar-refractivity contribution in [3.8, 4) is 11.5 Å². The Kier molecular flexibility index (Phi) is 3.09. The molecule has 0 amide bonds. The number of halogens is 1. The zero-order valence-corrected chi connectivity index (χ0v) is 11.7. The molecule has 0 bridgehead atoms. The van der Waals surface area contributed by atoms with E-state index in [0.29, 0.717) is 35.2 Å². The lowest BCUT2D eigenvalue weighted by molar-refractivity contribution is 0.104.